The van der Waals surface area contributed by atoms with Gasteiger partial charge in [0.05, 0.1) is 11.5 Å². The Kier molecular flexibility index (Phi) is 6.79. The van der Waals surface area contributed by atoms with Gasteiger partial charge in [0.15, 0.2) is 0 Å². The molecule has 0 amide bonds. The second-order valence-corrected chi connectivity index (χ2v) is 6.83. The van der Waals surface area contributed by atoms with E-state index in [1.54, 1.807) is 30.3 Å². The minimum atomic E-state index is -0.555. The van der Waals surface area contributed by atoms with Crippen molar-refractivity contribution in [2.75, 3.05) is 11.9 Å². The Morgan fingerprint density at radius 3 is 2.43 bits per heavy atom. The number of hydrogen-bond donors (Lipinski definition) is 1. The van der Waals surface area contributed by atoms with Gasteiger partial charge in [0.1, 0.15) is 17.8 Å². The maximum absolute atomic E-state index is 11.7. The number of rotatable bonds is 9. The van der Waals surface area contributed by atoms with E-state index < -0.39 is 4.92 Å². The predicted molar refractivity (Wildman–Crippen MR) is 115 cm³/mol. The number of benzene rings is 2. The second kappa shape index (κ2) is 9.69. The molecule has 2 aromatic carbocycles. The third kappa shape index (κ3) is 5.22. The molecule has 0 fully saturated rings. The minimum Gasteiger partial charge on any atom is -0.494 e. The van der Waals surface area contributed by atoms with E-state index >= 15 is 0 Å². The van der Waals surface area contributed by atoms with E-state index in [1.165, 1.54) is 6.33 Å². The largest absolute Gasteiger partial charge is 0.494 e. The van der Waals surface area contributed by atoms with Crippen LogP contribution in [0.15, 0.2) is 48.8 Å². The van der Waals surface area contributed by atoms with E-state index in [0.29, 0.717) is 18.0 Å². The summed E-state index contributed by atoms with van der Waals surface area (Å²) in [6.07, 6.45) is 3.27. The van der Waals surface area contributed by atoms with E-state index in [-0.39, 0.29) is 17.4 Å². The number of nitrogens with one attached hydrogen (secondary N) is 1. The Balaban J connectivity index is 1.82. The zero-order chi connectivity index (χ0) is 21.5. The number of anilines is 2. The maximum atomic E-state index is 11.7. The average molecular weight is 408 g/mol. The molecule has 0 saturated heterocycles. The maximum Gasteiger partial charge on any atom is 0.373 e. The summed E-state index contributed by atoms with van der Waals surface area (Å²) in [7, 11) is 0. The first kappa shape index (κ1) is 21.0. The monoisotopic (exact) mass is 408 g/mol. The van der Waals surface area contributed by atoms with E-state index in [4.69, 9.17) is 9.47 Å². The fraction of sp³-hybridized carbons (Fsp3) is 0.273. The Hall–Kier alpha value is -3.68. The molecule has 3 aromatic rings. The highest BCUT2D eigenvalue weighted by Crippen LogP contribution is 2.36. The molecule has 0 spiro atoms. The quantitative estimate of drug-likeness (QED) is 0.275. The molecule has 0 aliphatic heterocycles. The van der Waals surface area contributed by atoms with Crippen LogP contribution in [-0.4, -0.2) is 21.5 Å². The first-order valence-electron chi connectivity index (χ1n) is 9.72. The highest BCUT2D eigenvalue weighted by molar-refractivity contribution is 5.69. The summed E-state index contributed by atoms with van der Waals surface area (Å²) in [5.74, 6) is 1.14. The van der Waals surface area contributed by atoms with E-state index in [9.17, 15) is 10.1 Å². The number of aromatic nitrogens is 2. The van der Waals surface area contributed by atoms with Gasteiger partial charge in [-0.3, -0.25) is 10.1 Å². The number of nitrogens with zero attached hydrogens (tertiary/aromatic N) is 3. The SMILES string of the molecule is CCCCOc1ccc(Nc2ncnc(Oc3ccc(C)c(C)c3)c2[N+](=O)[O-])cc1. The predicted octanol–water partition coefficient (Wildman–Crippen LogP) is 5.72. The number of unbranched alkanes of at least 4 members (excludes halogenated alkanes) is 1. The van der Waals surface area contributed by atoms with Crippen LogP contribution in [0.2, 0.25) is 0 Å². The molecule has 0 bridgehead atoms. The van der Waals surface area contributed by atoms with E-state index in [0.717, 1.165) is 29.7 Å². The Bertz CT molecular complexity index is 1020. The molecule has 0 unspecified atom stereocenters. The normalized spacial score (nSPS) is 10.5. The molecule has 30 heavy (non-hydrogen) atoms. The van der Waals surface area contributed by atoms with Gasteiger partial charge in [-0.25, -0.2) is 4.98 Å². The number of ether oxygens (including phenoxy) is 2. The summed E-state index contributed by atoms with van der Waals surface area (Å²) in [6, 6.07) is 12.6. The van der Waals surface area contributed by atoms with Crippen LogP contribution in [0.3, 0.4) is 0 Å². The van der Waals surface area contributed by atoms with Crippen molar-refractivity contribution in [3.8, 4) is 17.4 Å². The molecule has 0 aliphatic carbocycles. The third-order valence-electron chi connectivity index (χ3n) is 4.55. The van der Waals surface area contributed by atoms with Gasteiger partial charge in [-0.05, 0) is 67.8 Å². The molecule has 3 rings (SSSR count). The lowest BCUT2D eigenvalue weighted by molar-refractivity contribution is -0.385. The molecule has 1 aromatic heterocycles. The van der Waals surface area contributed by atoms with E-state index in [1.807, 2.05) is 26.0 Å². The van der Waals surface area contributed by atoms with Crippen molar-refractivity contribution in [1.82, 2.24) is 9.97 Å². The lowest BCUT2D eigenvalue weighted by Gasteiger charge is -2.11. The summed E-state index contributed by atoms with van der Waals surface area (Å²) < 4.78 is 11.3. The second-order valence-electron chi connectivity index (χ2n) is 6.83. The lowest BCUT2D eigenvalue weighted by atomic mass is 10.1. The Morgan fingerprint density at radius 1 is 1.03 bits per heavy atom. The molecule has 1 N–H and O–H groups in total. The van der Waals surface area contributed by atoms with Gasteiger partial charge < -0.3 is 14.8 Å². The molecule has 156 valence electrons. The average Bonchev–Trinajstić information content (AvgIpc) is 2.72. The molecular weight excluding hydrogens is 384 g/mol. The van der Waals surface area contributed by atoms with Crippen LogP contribution in [0.4, 0.5) is 17.2 Å². The topological polar surface area (TPSA) is 99.4 Å². The van der Waals surface area contributed by atoms with Crippen LogP contribution < -0.4 is 14.8 Å². The summed E-state index contributed by atoms with van der Waals surface area (Å²) in [5.41, 5.74) is 2.42. The zero-order valence-electron chi connectivity index (χ0n) is 17.2. The van der Waals surface area contributed by atoms with Crippen molar-refractivity contribution in [3.63, 3.8) is 0 Å². The van der Waals surface area contributed by atoms with Gasteiger partial charge >= 0.3 is 11.6 Å². The van der Waals surface area contributed by atoms with Crippen LogP contribution in [0.1, 0.15) is 30.9 Å². The minimum absolute atomic E-state index is 0.0495. The van der Waals surface area contributed by atoms with Crippen LogP contribution >= 0.6 is 0 Å². The molecule has 8 heteroatoms. The van der Waals surface area contributed by atoms with E-state index in [2.05, 4.69) is 22.2 Å². The summed E-state index contributed by atoms with van der Waals surface area (Å²) in [6.45, 7) is 6.68. The molecule has 8 nitrogen and oxygen atoms in total. The van der Waals surface area contributed by atoms with Crippen molar-refractivity contribution < 1.29 is 14.4 Å². The van der Waals surface area contributed by atoms with Crippen molar-refractivity contribution in [1.29, 1.82) is 0 Å². The smallest absolute Gasteiger partial charge is 0.373 e. The van der Waals surface area contributed by atoms with Crippen molar-refractivity contribution in [2.24, 2.45) is 0 Å². The fourth-order valence-corrected chi connectivity index (χ4v) is 2.69. The molecular formula is C22H24N4O4. The Labute approximate surface area is 175 Å². The third-order valence-corrected chi connectivity index (χ3v) is 4.55. The molecule has 0 atom stereocenters. The van der Waals surface area contributed by atoms with Crippen molar-refractivity contribution in [3.05, 3.63) is 70.0 Å². The van der Waals surface area contributed by atoms with Gasteiger partial charge in [-0.1, -0.05) is 19.4 Å². The summed E-state index contributed by atoms with van der Waals surface area (Å²) >= 11 is 0. The first-order chi connectivity index (χ1) is 14.5. The number of hydrogen-bond acceptors (Lipinski definition) is 7. The standard InChI is InChI=1S/C22H24N4O4/c1-4-5-12-29-18-10-7-17(8-11-18)25-21-20(26(27)28)22(24-14-23-21)30-19-9-6-15(2)16(3)13-19/h6-11,13-14H,4-5,12H2,1-3H3,(H,23,24,25). The van der Waals surface area contributed by atoms with Crippen LogP contribution in [-0.2, 0) is 0 Å². The molecule has 0 radical (unpaired) electrons. The lowest BCUT2D eigenvalue weighted by Crippen LogP contribution is -2.04. The van der Waals surface area contributed by atoms with Crippen LogP contribution in [0.25, 0.3) is 0 Å². The van der Waals surface area contributed by atoms with Gasteiger partial charge in [-0.15, -0.1) is 0 Å². The molecule has 1 heterocycles. The van der Waals surface area contributed by atoms with Crippen LogP contribution in [0.5, 0.6) is 17.4 Å². The first-order valence-corrected chi connectivity index (χ1v) is 9.72. The number of nitro groups is 1. The van der Waals surface area contributed by atoms with Gasteiger partial charge in [0.2, 0.25) is 5.82 Å². The van der Waals surface area contributed by atoms with Crippen LogP contribution in [0, 0.1) is 24.0 Å². The Morgan fingerprint density at radius 2 is 1.77 bits per heavy atom. The summed E-state index contributed by atoms with van der Waals surface area (Å²) in [4.78, 5) is 19.2. The van der Waals surface area contributed by atoms with Crippen molar-refractivity contribution in [2.45, 2.75) is 33.6 Å². The van der Waals surface area contributed by atoms with Gasteiger partial charge in [-0.2, -0.15) is 4.98 Å². The van der Waals surface area contributed by atoms with Gasteiger partial charge in [0, 0.05) is 5.69 Å². The highest BCUT2D eigenvalue weighted by atomic mass is 16.6. The summed E-state index contributed by atoms with van der Waals surface area (Å²) in [5, 5.41) is 14.7. The van der Waals surface area contributed by atoms with Crippen molar-refractivity contribution >= 4 is 17.2 Å². The highest BCUT2D eigenvalue weighted by Gasteiger charge is 2.25. The molecule has 0 saturated carbocycles. The molecule has 0 aliphatic rings. The van der Waals surface area contributed by atoms with Gasteiger partial charge in [0.25, 0.3) is 0 Å². The number of aryl methyl sites for hydroxylation is 2. The zero-order valence-corrected chi connectivity index (χ0v) is 17.2. The fourth-order valence-electron chi connectivity index (χ4n) is 2.69.